The zero-order valence-corrected chi connectivity index (χ0v) is 9.23. The Kier molecular flexibility index (Phi) is 3.87. The molecule has 0 aromatic rings. The Morgan fingerprint density at radius 2 is 1.87 bits per heavy atom. The molecule has 2 aliphatic rings. The second kappa shape index (κ2) is 5.38. The summed E-state index contributed by atoms with van der Waals surface area (Å²) in [6, 6.07) is 1.01. The molecule has 0 radical (unpaired) electrons. The Hall–Kier alpha value is -0.730. The monoisotopic (exact) mass is 208 g/mol. The quantitative estimate of drug-likeness (QED) is 0.423. The fraction of sp³-hybridized carbons (Fsp3) is 1.00. The Morgan fingerprint density at radius 3 is 2.47 bits per heavy atom. The van der Waals surface area contributed by atoms with Crippen molar-refractivity contribution in [3.8, 4) is 0 Å². The zero-order valence-electron chi connectivity index (χ0n) is 9.23. The van der Waals surface area contributed by atoms with Crippen molar-refractivity contribution in [2.45, 2.75) is 57.0 Å². The highest BCUT2D eigenvalue weighted by Crippen LogP contribution is 2.31. The van der Waals surface area contributed by atoms with Crippen molar-refractivity contribution in [2.75, 3.05) is 6.54 Å². The van der Waals surface area contributed by atoms with Crippen LogP contribution < -0.4 is 5.32 Å². The molecule has 0 aromatic heterocycles. The third kappa shape index (κ3) is 2.86. The van der Waals surface area contributed by atoms with E-state index in [4.69, 9.17) is 5.53 Å². The number of hydrogen-bond donors (Lipinski definition) is 1. The maximum absolute atomic E-state index is 8.38. The molecule has 1 N–H and O–H groups in total. The summed E-state index contributed by atoms with van der Waals surface area (Å²) in [4.78, 5) is 2.91. The Morgan fingerprint density at radius 1 is 1.07 bits per heavy atom. The molecule has 1 aliphatic heterocycles. The zero-order chi connectivity index (χ0) is 10.5. The van der Waals surface area contributed by atoms with Crippen LogP contribution in [0, 0.1) is 5.92 Å². The van der Waals surface area contributed by atoms with Crippen LogP contribution in [0.15, 0.2) is 5.11 Å². The largest absolute Gasteiger partial charge is 0.314 e. The fourth-order valence-electron chi connectivity index (χ4n) is 2.97. The molecule has 2 fully saturated rings. The van der Waals surface area contributed by atoms with Crippen molar-refractivity contribution in [3.05, 3.63) is 10.4 Å². The Balaban J connectivity index is 1.79. The van der Waals surface area contributed by atoms with Crippen LogP contribution in [0.2, 0.25) is 0 Å². The van der Waals surface area contributed by atoms with Gasteiger partial charge in [-0.2, -0.15) is 0 Å². The van der Waals surface area contributed by atoms with E-state index in [1.807, 2.05) is 0 Å². The normalized spacial score (nSPS) is 36.9. The molecule has 1 heterocycles. The van der Waals surface area contributed by atoms with E-state index in [9.17, 15) is 0 Å². The maximum Gasteiger partial charge on any atom is 0.0374 e. The van der Waals surface area contributed by atoms with Crippen molar-refractivity contribution in [3.63, 3.8) is 0 Å². The number of hydrogen-bond acceptors (Lipinski definition) is 2. The predicted octanol–water partition coefficient (Wildman–Crippen LogP) is 3.00. The van der Waals surface area contributed by atoms with E-state index in [-0.39, 0.29) is 6.04 Å². The number of azide groups is 1. The minimum absolute atomic E-state index is 0.273. The van der Waals surface area contributed by atoms with E-state index in [1.165, 1.54) is 38.6 Å². The third-order valence-corrected chi connectivity index (χ3v) is 3.87. The van der Waals surface area contributed by atoms with Gasteiger partial charge >= 0.3 is 0 Å². The van der Waals surface area contributed by atoms with Gasteiger partial charge in [-0.1, -0.05) is 11.5 Å². The first-order chi connectivity index (χ1) is 7.40. The van der Waals surface area contributed by atoms with Gasteiger partial charge in [0, 0.05) is 17.0 Å². The molecule has 1 aliphatic carbocycles. The average Bonchev–Trinajstić information content (AvgIpc) is 2.32. The highest BCUT2D eigenvalue weighted by molar-refractivity contribution is 4.86. The van der Waals surface area contributed by atoms with E-state index in [0.717, 1.165) is 24.8 Å². The van der Waals surface area contributed by atoms with Crippen LogP contribution in [0.3, 0.4) is 0 Å². The topological polar surface area (TPSA) is 60.8 Å². The highest BCUT2D eigenvalue weighted by Gasteiger charge is 2.27. The Bertz CT molecular complexity index is 233. The first kappa shape index (κ1) is 10.8. The lowest BCUT2D eigenvalue weighted by atomic mass is 9.79. The molecule has 84 valence electrons. The summed E-state index contributed by atoms with van der Waals surface area (Å²) in [5, 5.41) is 7.46. The highest BCUT2D eigenvalue weighted by atomic mass is 15.1. The molecule has 1 atom stereocenters. The molecule has 1 saturated heterocycles. The molecule has 2 rings (SSSR count). The maximum atomic E-state index is 8.38. The van der Waals surface area contributed by atoms with Crippen molar-refractivity contribution in [1.29, 1.82) is 0 Å². The van der Waals surface area contributed by atoms with E-state index in [0.29, 0.717) is 0 Å². The first-order valence-electron chi connectivity index (χ1n) is 6.18. The molecule has 0 spiro atoms. The molecule has 4 nitrogen and oxygen atoms in total. The lowest BCUT2D eigenvalue weighted by molar-refractivity contribution is 0.223. The van der Waals surface area contributed by atoms with Crippen molar-refractivity contribution < 1.29 is 0 Å². The van der Waals surface area contributed by atoms with Crippen LogP contribution >= 0.6 is 0 Å². The minimum Gasteiger partial charge on any atom is -0.314 e. The molecule has 0 bridgehead atoms. The van der Waals surface area contributed by atoms with Crippen molar-refractivity contribution in [2.24, 2.45) is 11.0 Å². The summed E-state index contributed by atoms with van der Waals surface area (Å²) in [5.41, 5.74) is 8.38. The van der Waals surface area contributed by atoms with Crippen LogP contribution in [-0.4, -0.2) is 18.6 Å². The lowest BCUT2D eigenvalue weighted by Crippen LogP contribution is -2.41. The number of piperidine rings is 1. The van der Waals surface area contributed by atoms with Gasteiger partial charge in [0.1, 0.15) is 0 Å². The number of nitrogens with zero attached hydrogens (tertiary/aromatic N) is 3. The van der Waals surface area contributed by atoms with Gasteiger partial charge < -0.3 is 5.32 Å². The van der Waals surface area contributed by atoms with Crippen molar-refractivity contribution in [1.82, 2.24) is 5.32 Å². The van der Waals surface area contributed by atoms with Gasteiger partial charge in [0.15, 0.2) is 0 Å². The summed E-state index contributed by atoms with van der Waals surface area (Å²) < 4.78 is 0. The molecule has 0 amide bonds. The van der Waals surface area contributed by atoms with E-state index < -0.39 is 0 Å². The van der Waals surface area contributed by atoms with Gasteiger partial charge in [0.2, 0.25) is 0 Å². The van der Waals surface area contributed by atoms with E-state index >= 15 is 0 Å². The summed E-state index contributed by atoms with van der Waals surface area (Å²) >= 11 is 0. The van der Waals surface area contributed by atoms with Gasteiger partial charge in [-0.15, -0.1) is 0 Å². The number of nitrogens with one attached hydrogen (secondary N) is 1. The second-order valence-electron chi connectivity index (χ2n) is 4.83. The van der Waals surface area contributed by atoms with Crippen LogP contribution in [-0.2, 0) is 0 Å². The average molecular weight is 208 g/mol. The van der Waals surface area contributed by atoms with Gasteiger partial charge in [-0.25, -0.2) is 0 Å². The van der Waals surface area contributed by atoms with Crippen LogP contribution in [0.5, 0.6) is 0 Å². The Labute approximate surface area is 91.1 Å². The van der Waals surface area contributed by atoms with E-state index in [1.54, 1.807) is 0 Å². The van der Waals surface area contributed by atoms with Crippen molar-refractivity contribution >= 4 is 0 Å². The third-order valence-electron chi connectivity index (χ3n) is 3.87. The molecule has 0 unspecified atom stereocenters. The summed E-state index contributed by atoms with van der Waals surface area (Å²) in [6.45, 7) is 1.20. The molecule has 0 aromatic carbocycles. The summed E-state index contributed by atoms with van der Waals surface area (Å²) in [7, 11) is 0. The minimum atomic E-state index is 0.273. The van der Waals surface area contributed by atoms with Gasteiger partial charge in [-0.3, -0.25) is 0 Å². The van der Waals surface area contributed by atoms with Crippen LogP contribution in [0.4, 0.5) is 0 Å². The van der Waals surface area contributed by atoms with Crippen LogP contribution in [0.25, 0.3) is 10.4 Å². The molecular formula is C11H20N4. The second-order valence-corrected chi connectivity index (χ2v) is 4.83. The fourth-order valence-corrected chi connectivity index (χ4v) is 2.97. The summed E-state index contributed by atoms with van der Waals surface area (Å²) in [5.74, 6) is 0.829. The first-order valence-corrected chi connectivity index (χ1v) is 6.18. The van der Waals surface area contributed by atoms with E-state index in [2.05, 4.69) is 15.3 Å². The smallest absolute Gasteiger partial charge is 0.0374 e. The molecule has 4 heteroatoms. The number of rotatable bonds is 2. The predicted molar refractivity (Wildman–Crippen MR) is 60.5 cm³/mol. The molecular weight excluding hydrogens is 188 g/mol. The lowest BCUT2D eigenvalue weighted by Gasteiger charge is -2.35. The van der Waals surface area contributed by atoms with Gasteiger partial charge in [0.05, 0.1) is 0 Å². The van der Waals surface area contributed by atoms with Gasteiger partial charge in [-0.05, 0) is 56.5 Å². The standard InChI is InChI=1S/C11H20N4/c12-15-14-10-6-4-9(5-7-10)11-3-1-2-8-13-11/h9-11,13H,1-8H2/t9?,10?,11-/m0/s1. The van der Waals surface area contributed by atoms with Gasteiger partial charge in [0.25, 0.3) is 0 Å². The molecule has 15 heavy (non-hydrogen) atoms. The molecule has 1 saturated carbocycles. The van der Waals surface area contributed by atoms with Crippen LogP contribution in [0.1, 0.15) is 44.9 Å². The summed E-state index contributed by atoms with van der Waals surface area (Å²) in [6.07, 6.45) is 8.72. The SMILES string of the molecule is [N-]=[N+]=NC1CCC([C@@H]2CCCCN2)CC1.